The average molecular weight is 545 g/mol. The molecule has 2 aromatic heterocycles. The number of para-hydroxylation sites is 4. The van der Waals surface area contributed by atoms with Gasteiger partial charge in [0, 0.05) is 30.5 Å². The molecule has 200 valence electrons. The van der Waals surface area contributed by atoms with Crippen molar-refractivity contribution in [2.45, 2.75) is 12.8 Å². The fraction of sp³-hybridized carbons (Fsp3) is 0.0588. The van der Waals surface area contributed by atoms with E-state index in [4.69, 9.17) is 0 Å². The van der Waals surface area contributed by atoms with Crippen LogP contribution in [-0.4, -0.2) is 22.4 Å². The molecule has 0 bridgehead atoms. The number of fused-ring (bicyclic) bond motifs is 2. The Bertz CT molecular complexity index is 1930. The van der Waals surface area contributed by atoms with Gasteiger partial charge in [-0.25, -0.2) is 0 Å². The van der Waals surface area contributed by atoms with Crippen LogP contribution in [0.4, 0.5) is 34.1 Å². The molecule has 6 heterocycles. The first kappa shape index (κ1) is 23.9. The predicted octanol–water partition coefficient (Wildman–Crippen LogP) is 7.16. The van der Waals surface area contributed by atoms with Crippen molar-refractivity contribution in [2.24, 2.45) is 9.98 Å². The molecule has 4 aliphatic rings. The highest BCUT2D eigenvalue weighted by molar-refractivity contribution is 6.00. The van der Waals surface area contributed by atoms with Crippen LogP contribution in [0.1, 0.15) is 12.8 Å². The maximum Gasteiger partial charge on any atom is 0.166 e. The van der Waals surface area contributed by atoms with Crippen LogP contribution >= 0.6 is 0 Å². The van der Waals surface area contributed by atoms with Gasteiger partial charge < -0.3 is 0 Å². The molecule has 8 rings (SSSR count). The zero-order valence-corrected chi connectivity index (χ0v) is 22.5. The smallest absolute Gasteiger partial charge is 0.166 e. The van der Waals surface area contributed by atoms with E-state index in [1.807, 2.05) is 43.2 Å². The van der Waals surface area contributed by atoms with E-state index >= 15 is 0 Å². The lowest BCUT2D eigenvalue weighted by Gasteiger charge is -2.34. The molecule has 0 saturated heterocycles. The van der Waals surface area contributed by atoms with Crippen LogP contribution in [0.25, 0.3) is 0 Å². The normalized spacial score (nSPS) is 18.4. The van der Waals surface area contributed by atoms with Crippen molar-refractivity contribution in [3.8, 4) is 0 Å². The molecular formula is C34H24N8. The Labute approximate surface area is 243 Å². The lowest BCUT2D eigenvalue weighted by atomic mass is 10.2. The summed E-state index contributed by atoms with van der Waals surface area (Å²) in [6, 6.07) is 24.9. The molecule has 0 spiro atoms. The van der Waals surface area contributed by atoms with Gasteiger partial charge in [-0.05, 0) is 72.8 Å². The van der Waals surface area contributed by atoms with Crippen LogP contribution < -0.4 is 19.6 Å². The molecule has 0 atom stereocenters. The maximum absolute atomic E-state index is 4.59. The standard InChI is InChI=1S/C34H24N8/c1-2-14-30-29(13-1)39(25-9-5-17-35-21-25)33(40(30)26-10-6-18-36-22-26)34-41(27-11-7-19-37-23-27)31-15-3-4-16-32(31)42(34)28-12-8-20-38-24-28/h1-5,7,9,11,13-24H,6,10H2/b34-33-. The topological polar surface area (TPSA) is 63.5 Å². The van der Waals surface area contributed by atoms with Crippen molar-refractivity contribution >= 4 is 46.6 Å². The second kappa shape index (κ2) is 9.91. The Morgan fingerprint density at radius 1 is 0.619 bits per heavy atom. The number of nitrogens with zero attached hydrogens (tertiary/aromatic N) is 8. The second-order valence-corrected chi connectivity index (χ2v) is 9.94. The van der Waals surface area contributed by atoms with Gasteiger partial charge in [0.25, 0.3) is 0 Å². The Kier molecular flexibility index (Phi) is 5.64. The Balaban J connectivity index is 1.52. The molecule has 42 heavy (non-hydrogen) atoms. The molecule has 0 unspecified atom stereocenters. The van der Waals surface area contributed by atoms with E-state index in [-0.39, 0.29) is 0 Å². The number of aromatic nitrogens is 2. The zero-order chi connectivity index (χ0) is 27.9. The third-order valence-electron chi connectivity index (χ3n) is 7.51. The van der Waals surface area contributed by atoms with E-state index in [2.05, 4.69) is 112 Å². The highest BCUT2D eigenvalue weighted by atomic mass is 15.5. The number of aliphatic imine (C=N–C) groups is 2. The lowest BCUT2D eigenvalue weighted by molar-refractivity contribution is 0.890. The summed E-state index contributed by atoms with van der Waals surface area (Å²) in [6.45, 7) is 0. The summed E-state index contributed by atoms with van der Waals surface area (Å²) in [5.74, 6) is 1.84. The molecule has 0 N–H and O–H groups in total. The molecule has 8 nitrogen and oxygen atoms in total. The van der Waals surface area contributed by atoms with E-state index in [1.165, 1.54) is 0 Å². The SMILES string of the molecule is C1=C=C(N2/C(=C3\N(C4=CN=CCC4)c4ccccc4N3c3cccnc3)N(c3cccnc3)c3ccccc32)C=NC=1. The minimum absolute atomic E-state index is 0.775. The van der Waals surface area contributed by atoms with Crippen molar-refractivity contribution in [3.05, 3.63) is 144 Å². The minimum atomic E-state index is 0.775. The Hall–Kier alpha value is -5.94. The highest BCUT2D eigenvalue weighted by Crippen LogP contribution is 2.55. The summed E-state index contributed by atoms with van der Waals surface area (Å²) in [7, 11) is 0. The van der Waals surface area contributed by atoms with Crippen LogP contribution in [0.5, 0.6) is 0 Å². The van der Waals surface area contributed by atoms with E-state index in [0.29, 0.717) is 0 Å². The molecule has 4 aromatic rings. The highest BCUT2D eigenvalue weighted by Gasteiger charge is 2.45. The van der Waals surface area contributed by atoms with Gasteiger partial charge in [-0.3, -0.25) is 39.6 Å². The van der Waals surface area contributed by atoms with Gasteiger partial charge in [0.05, 0.1) is 58.9 Å². The third kappa shape index (κ3) is 3.72. The van der Waals surface area contributed by atoms with Crippen molar-refractivity contribution in [3.63, 3.8) is 0 Å². The summed E-state index contributed by atoms with van der Waals surface area (Å²) in [5, 5.41) is 0. The van der Waals surface area contributed by atoms with Gasteiger partial charge in [-0.1, -0.05) is 24.3 Å². The largest absolute Gasteiger partial charge is 0.293 e. The van der Waals surface area contributed by atoms with Gasteiger partial charge in [0.2, 0.25) is 0 Å². The number of benzene rings is 2. The lowest BCUT2D eigenvalue weighted by Crippen LogP contribution is -2.36. The third-order valence-corrected chi connectivity index (χ3v) is 7.51. The molecular weight excluding hydrogens is 520 g/mol. The summed E-state index contributed by atoms with van der Waals surface area (Å²) < 4.78 is 0. The monoisotopic (exact) mass is 544 g/mol. The average Bonchev–Trinajstić information content (AvgIpc) is 3.59. The van der Waals surface area contributed by atoms with Crippen molar-refractivity contribution < 1.29 is 0 Å². The number of hydrogen-bond acceptors (Lipinski definition) is 8. The van der Waals surface area contributed by atoms with Crippen LogP contribution in [0.2, 0.25) is 0 Å². The maximum atomic E-state index is 4.59. The van der Waals surface area contributed by atoms with E-state index in [1.54, 1.807) is 18.6 Å². The van der Waals surface area contributed by atoms with Crippen LogP contribution in [0.15, 0.2) is 154 Å². The Morgan fingerprint density at radius 2 is 1.21 bits per heavy atom. The summed E-state index contributed by atoms with van der Waals surface area (Å²) in [5.41, 5.74) is 14.3. The molecule has 0 fully saturated rings. The fourth-order valence-corrected chi connectivity index (χ4v) is 5.83. The first-order valence-electron chi connectivity index (χ1n) is 13.8. The van der Waals surface area contributed by atoms with E-state index in [9.17, 15) is 0 Å². The summed E-state index contributed by atoms with van der Waals surface area (Å²) in [4.78, 5) is 27.1. The molecule has 0 amide bonds. The molecule has 8 heteroatoms. The van der Waals surface area contributed by atoms with Gasteiger partial charge >= 0.3 is 0 Å². The second-order valence-electron chi connectivity index (χ2n) is 9.94. The number of anilines is 6. The molecule has 2 aromatic carbocycles. The van der Waals surface area contributed by atoms with Gasteiger partial charge in [0.1, 0.15) is 5.70 Å². The number of rotatable bonds is 4. The van der Waals surface area contributed by atoms with Gasteiger partial charge in [-0.15, -0.1) is 0 Å². The predicted molar refractivity (Wildman–Crippen MR) is 167 cm³/mol. The summed E-state index contributed by atoms with van der Waals surface area (Å²) >= 11 is 0. The fourth-order valence-electron chi connectivity index (χ4n) is 5.83. The quantitative estimate of drug-likeness (QED) is 0.254. The van der Waals surface area contributed by atoms with Gasteiger partial charge in [-0.2, -0.15) is 0 Å². The number of hydrogen-bond donors (Lipinski definition) is 0. The molecule has 0 radical (unpaired) electrons. The van der Waals surface area contributed by atoms with Crippen molar-refractivity contribution in [2.75, 3.05) is 19.6 Å². The van der Waals surface area contributed by atoms with Crippen molar-refractivity contribution in [1.29, 1.82) is 0 Å². The number of allylic oxidation sites excluding steroid dienone is 2. The van der Waals surface area contributed by atoms with Gasteiger partial charge in [0.15, 0.2) is 11.6 Å². The molecule has 0 aliphatic carbocycles. The van der Waals surface area contributed by atoms with E-state index < -0.39 is 0 Å². The zero-order valence-electron chi connectivity index (χ0n) is 22.5. The Morgan fingerprint density at radius 3 is 1.74 bits per heavy atom. The first-order valence-corrected chi connectivity index (χ1v) is 13.8. The van der Waals surface area contributed by atoms with Crippen LogP contribution in [0, 0.1) is 0 Å². The molecule has 4 aliphatic heterocycles. The number of pyridine rings is 2. The van der Waals surface area contributed by atoms with Crippen LogP contribution in [0.3, 0.4) is 0 Å². The summed E-state index contributed by atoms with van der Waals surface area (Å²) in [6.07, 6.45) is 16.5. The minimum Gasteiger partial charge on any atom is -0.293 e. The van der Waals surface area contributed by atoms with E-state index in [0.717, 1.165) is 70.0 Å². The first-order chi connectivity index (χ1) is 20.9. The molecule has 0 saturated carbocycles. The van der Waals surface area contributed by atoms with Crippen molar-refractivity contribution in [1.82, 2.24) is 9.97 Å². The van der Waals surface area contributed by atoms with Crippen LogP contribution in [-0.2, 0) is 0 Å².